The molecule has 3 aromatic rings. The van der Waals surface area contributed by atoms with E-state index in [2.05, 4.69) is 17.2 Å². The standard InChI is InChI=1S/C23H25N3O4S2/c1-13-8-9-15-17(12-13)32-20(19(15)22(29)30-3)25-18(27)10-11-31-23-24-16-7-5-4-6-14(16)21(28)26(23)2/h4-7,13H,8-12H2,1-3H3,(H,25,27). The number of para-hydroxylation sites is 1. The minimum Gasteiger partial charge on any atom is -0.465 e. The minimum absolute atomic E-state index is 0.108. The van der Waals surface area contributed by atoms with E-state index in [-0.39, 0.29) is 17.9 Å². The van der Waals surface area contributed by atoms with Crippen molar-refractivity contribution in [3.63, 3.8) is 0 Å². The monoisotopic (exact) mass is 471 g/mol. The summed E-state index contributed by atoms with van der Waals surface area (Å²) < 4.78 is 6.49. The second kappa shape index (κ2) is 9.46. The Labute approximate surface area is 194 Å². The number of anilines is 1. The maximum atomic E-state index is 12.6. The second-order valence-corrected chi connectivity index (χ2v) is 10.1. The molecule has 0 fully saturated rings. The molecule has 4 rings (SSSR count). The lowest BCUT2D eigenvalue weighted by molar-refractivity contribution is -0.115. The molecule has 0 saturated carbocycles. The van der Waals surface area contributed by atoms with E-state index in [9.17, 15) is 14.4 Å². The van der Waals surface area contributed by atoms with Gasteiger partial charge in [0.05, 0.1) is 23.6 Å². The molecule has 1 amide bonds. The predicted molar refractivity (Wildman–Crippen MR) is 128 cm³/mol. The molecule has 1 aliphatic carbocycles. The van der Waals surface area contributed by atoms with Crippen LogP contribution in [-0.2, 0) is 29.4 Å². The Morgan fingerprint density at radius 2 is 2.12 bits per heavy atom. The van der Waals surface area contributed by atoms with Gasteiger partial charge in [0.25, 0.3) is 5.56 Å². The highest BCUT2D eigenvalue weighted by molar-refractivity contribution is 7.99. The van der Waals surface area contributed by atoms with Crippen molar-refractivity contribution in [1.29, 1.82) is 0 Å². The number of carbonyl (C=O) groups excluding carboxylic acids is 2. The number of esters is 1. The van der Waals surface area contributed by atoms with Crippen molar-refractivity contribution in [1.82, 2.24) is 9.55 Å². The summed E-state index contributed by atoms with van der Waals surface area (Å²) in [6, 6.07) is 7.22. The van der Waals surface area contributed by atoms with Crippen molar-refractivity contribution in [2.75, 3.05) is 18.2 Å². The molecular formula is C23H25N3O4S2. The number of ether oxygens (including phenoxy) is 1. The van der Waals surface area contributed by atoms with Gasteiger partial charge in [0.15, 0.2) is 5.16 Å². The van der Waals surface area contributed by atoms with Crippen LogP contribution in [0.3, 0.4) is 0 Å². The van der Waals surface area contributed by atoms with Crippen LogP contribution in [0, 0.1) is 5.92 Å². The molecule has 0 saturated heterocycles. The molecule has 1 atom stereocenters. The van der Waals surface area contributed by atoms with Gasteiger partial charge in [-0.2, -0.15) is 0 Å². The number of benzene rings is 1. The Hall–Kier alpha value is -2.65. The average molecular weight is 472 g/mol. The number of amides is 1. The Bertz CT molecular complexity index is 1250. The Balaban J connectivity index is 1.45. The van der Waals surface area contributed by atoms with Crippen molar-refractivity contribution in [3.05, 3.63) is 50.6 Å². The summed E-state index contributed by atoms with van der Waals surface area (Å²) in [5.41, 5.74) is 2.05. The normalized spacial score (nSPS) is 15.4. The summed E-state index contributed by atoms with van der Waals surface area (Å²) in [4.78, 5) is 43.3. The van der Waals surface area contributed by atoms with Crippen molar-refractivity contribution < 1.29 is 14.3 Å². The third-order valence-corrected chi connectivity index (χ3v) is 7.86. The number of hydrogen-bond acceptors (Lipinski definition) is 7. The first kappa shape index (κ1) is 22.5. The zero-order valence-electron chi connectivity index (χ0n) is 18.3. The SMILES string of the molecule is COC(=O)c1c(NC(=O)CCSc2nc3ccccc3c(=O)n2C)sc2c1CCC(C)C2. The zero-order chi connectivity index (χ0) is 22.8. The number of carbonyl (C=O) groups is 2. The fourth-order valence-corrected chi connectivity index (χ4v) is 6.23. The van der Waals surface area contributed by atoms with E-state index >= 15 is 0 Å². The minimum atomic E-state index is -0.405. The van der Waals surface area contributed by atoms with Gasteiger partial charge in [-0.1, -0.05) is 30.8 Å². The van der Waals surface area contributed by atoms with Crippen molar-refractivity contribution >= 4 is 50.9 Å². The Morgan fingerprint density at radius 1 is 1.34 bits per heavy atom. The molecule has 7 nitrogen and oxygen atoms in total. The summed E-state index contributed by atoms with van der Waals surface area (Å²) in [6.45, 7) is 2.20. The van der Waals surface area contributed by atoms with Gasteiger partial charge in [-0.05, 0) is 42.9 Å². The quantitative estimate of drug-likeness (QED) is 0.332. The van der Waals surface area contributed by atoms with Gasteiger partial charge in [0.1, 0.15) is 5.00 Å². The lowest BCUT2D eigenvalue weighted by Gasteiger charge is -2.18. The first-order valence-corrected chi connectivity index (χ1v) is 12.3. The highest BCUT2D eigenvalue weighted by Crippen LogP contribution is 2.40. The van der Waals surface area contributed by atoms with Crippen LogP contribution in [0.4, 0.5) is 5.00 Å². The largest absolute Gasteiger partial charge is 0.465 e. The third-order valence-electron chi connectivity index (χ3n) is 5.66. The zero-order valence-corrected chi connectivity index (χ0v) is 19.9. The van der Waals surface area contributed by atoms with Gasteiger partial charge in [0, 0.05) is 24.1 Å². The van der Waals surface area contributed by atoms with Crippen molar-refractivity contribution in [3.8, 4) is 0 Å². The first-order valence-electron chi connectivity index (χ1n) is 10.5. The summed E-state index contributed by atoms with van der Waals surface area (Å²) in [7, 11) is 3.05. The molecule has 0 bridgehead atoms. The number of aromatic nitrogens is 2. The average Bonchev–Trinajstić information content (AvgIpc) is 3.13. The number of nitrogens with one attached hydrogen (secondary N) is 1. The second-order valence-electron chi connectivity index (χ2n) is 7.97. The molecular weight excluding hydrogens is 446 g/mol. The van der Waals surface area contributed by atoms with E-state index in [1.807, 2.05) is 12.1 Å². The molecule has 0 radical (unpaired) electrons. The highest BCUT2D eigenvalue weighted by Gasteiger charge is 2.28. The lowest BCUT2D eigenvalue weighted by Crippen LogP contribution is -2.20. The molecule has 9 heteroatoms. The van der Waals surface area contributed by atoms with Gasteiger partial charge < -0.3 is 10.1 Å². The number of nitrogens with zero attached hydrogens (tertiary/aromatic N) is 2. The molecule has 2 aromatic heterocycles. The Kier molecular flexibility index (Phi) is 6.66. The van der Waals surface area contributed by atoms with E-state index in [1.54, 1.807) is 19.2 Å². The molecule has 32 heavy (non-hydrogen) atoms. The van der Waals surface area contributed by atoms with E-state index < -0.39 is 5.97 Å². The number of thioether (sulfide) groups is 1. The highest BCUT2D eigenvalue weighted by atomic mass is 32.2. The van der Waals surface area contributed by atoms with Crippen LogP contribution in [-0.4, -0.2) is 34.3 Å². The van der Waals surface area contributed by atoms with Gasteiger partial charge >= 0.3 is 5.97 Å². The maximum Gasteiger partial charge on any atom is 0.341 e. The van der Waals surface area contributed by atoms with Crippen LogP contribution in [0.2, 0.25) is 0 Å². The third kappa shape index (κ3) is 4.45. The number of hydrogen-bond donors (Lipinski definition) is 1. The number of fused-ring (bicyclic) bond motifs is 2. The maximum absolute atomic E-state index is 12.6. The topological polar surface area (TPSA) is 90.3 Å². The molecule has 0 spiro atoms. The summed E-state index contributed by atoms with van der Waals surface area (Å²) in [5, 5.41) is 4.63. The van der Waals surface area contributed by atoms with E-state index in [4.69, 9.17) is 4.74 Å². The first-order chi connectivity index (χ1) is 15.4. The van der Waals surface area contributed by atoms with E-state index in [0.29, 0.717) is 38.3 Å². The molecule has 0 aliphatic heterocycles. The number of methoxy groups -OCH3 is 1. The van der Waals surface area contributed by atoms with Gasteiger partial charge in [-0.3, -0.25) is 14.2 Å². The van der Waals surface area contributed by atoms with E-state index in [0.717, 1.165) is 29.7 Å². The smallest absolute Gasteiger partial charge is 0.341 e. The molecule has 168 valence electrons. The number of thiophene rings is 1. The van der Waals surface area contributed by atoms with Crippen LogP contribution in [0.15, 0.2) is 34.2 Å². The van der Waals surface area contributed by atoms with Gasteiger partial charge in [-0.15, -0.1) is 11.3 Å². The predicted octanol–water partition coefficient (Wildman–Crippen LogP) is 4.03. The van der Waals surface area contributed by atoms with Crippen LogP contribution < -0.4 is 10.9 Å². The fraction of sp³-hybridized carbons (Fsp3) is 0.391. The Morgan fingerprint density at radius 3 is 2.91 bits per heavy atom. The van der Waals surface area contributed by atoms with Crippen LogP contribution in [0.25, 0.3) is 10.9 Å². The van der Waals surface area contributed by atoms with Crippen LogP contribution in [0.1, 0.15) is 40.6 Å². The molecule has 1 aromatic carbocycles. The van der Waals surface area contributed by atoms with Gasteiger partial charge in [0.2, 0.25) is 5.91 Å². The summed E-state index contributed by atoms with van der Waals surface area (Å²) >= 11 is 2.84. The van der Waals surface area contributed by atoms with Crippen molar-refractivity contribution in [2.24, 2.45) is 13.0 Å². The van der Waals surface area contributed by atoms with Crippen molar-refractivity contribution in [2.45, 2.75) is 37.8 Å². The summed E-state index contributed by atoms with van der Waals surface area (Å²) in [6.07, 6.45) is 2.99. The fourth-order valence-electron chi connectivity index (χ4n) is 3.91. The van der Waals surface area contributed by atoms with Crippen LogP contribution in [0.5, 0.6) is 0 Å². The van der Waals surface area contributed by atoms with Crippen LogP contribution >= 0.6 is 23.1 Å². The number of rotatable bonds is 6. The van der Waals surface area contributed by atoms with Gasteiger partial charge in [-0.25, -0.2) is 9.78 Å². The summed E-state index contributed by atoms with van der Waals surface area (Å²) in [5.74, 6) is 0.435. The molecule has 1 aliphatic rings. The van der Waals surface area contributed by atoms with E-state index in [1.165, 1.54) is 34.8 Å². The molecule has 1 unspecified atom stereocenters. The lowest BCUT2D eigenvalue weighted by atomic mass is 9.88. The molecule has 2 heterocycles. The molecule has 1 N–H and O–H groups in total.